The Labute approximate surface area is 175 Å². The SMILES string of the molecule is CCOc1cc(CC(=O)O)cc(S(=O)(=O)c2cccc(-c3ccc(OC)cc3)c2)c1. The van der Waals surface area contributed by atoms with Gasteiger partial charge in [0.15, 0.2) is 0 Å². The van der Waals surface area contributed by atoms with Gasteiger partial charge in [-0.15, -0.1) is 0 Å². The lowest BCUT2D eigenvalue weighted by atomic mass is 10.1. The van der Waals surface area contributed by atoms with Crippen molar-refractivity contribution < 1.29 is 27.8 Å². The normalized spacial score (nSPS) is 11.1. The molecule has 0 spiro atoms. The lowest BCUT2D eigenvalue weighted by Gasteiger charge is -2.11. The van der Waals surface area contributed by atoms with Gasteiger partial charge in [0.25, 0.3) is 0 Å². The highest BCUT2D eigenvalue weighted by Gasteiger charge is 2.21. The number of carboxylic acid groups (broad SMARTS) is 1. The first-order valence-corrected chi connectivity index (χ1v) is 10.8. The lowest BCUT2D eigenvalue weighted by Crippen LogP contribution is -2.06. The van der Waals surface area contributed by atoms with E-state index in [4.69, 9.17) is 14.6 Å². The van der Waals surface area contributed by atoms with Gasteiger partial charge in [-0.05, 0) is 66.1 Å². The van der Waals surface area contributed by atoms with E-state index >= 15 is 0 Å². The standard InChI is InChI=1S/C23H22O6S/c1-3-29-20-11-16(13-23(24)25)12-22(15-20)30(26,27)21-6-4-5-18(14-21)17-7-9-19(28-2)10-8-17/h4-12,14-15H,3,13H2,1-2H3,(H,24,25). The van der Waals surface area contributed by atoms with Crippen LogP contribution in [0.15, 0.2) is 76.5 Å². The molecule has 7 heteroatoms. The molecule has 3 rings (SSSR count). The topological polar surface area (TPSA) is 89.9 Å². The van der Waals surface area contributed by atoms with E-state index in [0.29, 0.717) is 23.7 Å². The number of benzene rings is 3. The minimum Gasteiger partial charge on any atom is -0.497 e. The van der Waals surface area contributed by atoms with Crippen LogP contribution in [-0.4, -0.2) is 33.2 Å². The number of methoxy groups -OCH3 is 1. The second kappa shape index (κ2) is 9.00. The van der Waals surface area contributed by atoms with E-state index in [1.807, 2.05) is 18.2 Å². The minimum absolute atomic E-state index is 0.00317. The van der Waals surface area contributed by atoms with Crippen LogP contribution in [0.5, 0.6) is 11.5 Å². The van der Waals surface area contributed by atoms with Gasteiger partial charge in [0.05, 0.1) is 29.9 Å². The van der Waals surface area contributed by atoms with Crippen LogP contribution in [0.1, 0.15) is 12.5 Å². The molecule has 0 heterocycles. The van der Waals surface area contributed by atoms with Crippen LogP contribution in [0, 0.1) is 0 Å². The number of carboxylic acids is 1. The van der Waals surface area contributed by atoms with Crippen molar-refractivity contribution in [3.8, 4) is 22.6 Å². The second-order valence-corrected chi connectivity index (χ2v) is 8.53. The van der Waals surface area contributed by atoms with Crippen LogP contribution >= 0.6 is 0 Å². The fourth-order valence-corrected chi connectivity index (χ4v) is 4.46. The molecule has 0 saturated carbocycles. The van der Waals surface area contributed by atoms with E-state index < -0.39 is 15.8 Å². The zero-order chi connectivity index (χ0) is 21.7. The number of ether oxygens (including phenoxy) is 2. The fraction of sp³-hybridized carbons (Fsp3) is 0.174. The number of aliphatic carboxylic acids is 1. The summed E-state index contributed by atoms with van der Waals surface area (Å²) in [5, 5.41) is 9.10. The third kappa shape index (κ3) is 4.80. The fourth-order valence-electron chi connectivity index (χ4n) is 3.07. The van der Waals surface area contributed by atoms with Crippen LogP contribution in [0.2, 0.25) is 0 Å². The monoisotopic (exact) mass is 426 g/mol. The van der Waals surface area contributed by atoms with E-state index in [2.05, 4.69) is 0 Å². The summed E-state index contributed by atoms with van der Waals surface area (Å²) in [6.07, 6.45) is -0.296. The Morgan fingerprint density at radius 1 is 0.900 bits per heavy atom. The van der Waals surface area contributed by atoms with Gasteiger partial charge in [-0.25, -0.2) is 8.42 Å². The van der Waals surface area contributed by atoms with Gasteiger partial charge in [0, 0.05) is 0 Å². The number of hydrogen-bond donors (Lipinski definition) is 1. The van der Waals surface area contributed by atoms with Crippen molar-refractivity contribution in [2.45, 2.75) is 23.1 Å². The predicted octanol–water partition coefficient (Wildman–Crippen LogP) is 4.22. The van der Waals surface area contributed by atoms with Gasteiger partial charge in [-0.1, -0.05) is 24.3 Å². The zero-order valence-electron chi connectivity index (χ0n) is 16.7. The molecular formula is C23H22O6S. The van der Waals surface area contributed by atoms with E-state index in [0.717, 1.165) is 11.1 Å². The highest BCUT2D eigenvalue weighted by Crippen LogP contribution is 2.30. The van der Waals surface area contributed by atoms with Crippen molar-refractivity contribution >= 4 is 15.8 Å². The third-order valence-corrected chi connectivity index (χ3v) is 6.22. The molecular weight excluding hydrogens is 404 g/mol. The molecule has 0 amide bonds. The first-order chi connectivity index (χ1) is 14.3. The summed E-state index contributed by atoms with van der Waals surface area (Å²) < 4.78 is 37.2. The van der Waals surface area contributed by atoms with Crippen molar-refractivity contribution in [2.24, 2.45) is 0 Å². The second-order valence-electron chi connectivity index (χ2n) is 6.58. The van der Waals surface area contributed by atoms with E-state index in [9.17, 15) is 13.2 Å². The lowest BCUT2D eigenvalue weighted by molar-refractivity contribution is -0.136. The number of carbonyl (C=O) groups is 1. The zero-order valence-corrected chi connectivity index (χ0v) is 17.5. The number of sulfone groups is 1. The van der Waals surface area contributed by atoms with E-state index in [1.165, 1.54) is 18.2 Å². The number of rotatable bonds is 8. The third-order valence-electron chi connectivity index (χ3n) is 4.48. The summed E-state index contributed by atoms with van der Waals surface area (Å²) in [4.78, 5) is 11.2. The summed E-state index contributed by atoms with van der Waals surface area (Å²) >= 11 is 0. The molecule has 1 N–H and O–H groups in total. The Bertz CT molecular complexity index is 1150. The first-order valence-electron chi connectivity index (χ1n) is 9.31. The van der Waals surface area contributed by atoms with E-state index in [1.54, 1.807) is 44.4 Å². The van der Waals surface area contributed by atoms with Gasteiger partial charge < -0.3 is 14.6 Å². The van der Waals surface area contributed by atoms with Gasteiger partial charge >= 0.3 is 5.97 Å². The van der Waals surface area contributed by atoms with Gasteiger partial charge in [0.2, 0.25) is 9.84 Å². The van der Waals surface area contributed by atoms with Crippen LogP contribution in [0.4, 0.5) is 0 Å². The molecule has 3 aromatic carbocycles. The molecule has 0 aliphatic carbocycles. The summed E-state index contributed by atoms with van der Waals surface area (Å²) in [5.41, 5.74) is 1.95. The van der Waals surface area contributed by atoms with Crippen LogP contribution < -0.4 is 9.47 Å². The molecule has 0 radical (unpaired) electrons. The minimum atomic E-state index is -3.88. The highest BCUT2D eigenvalue weighted by molar-refractivity contribution is 7.91. The molecule has 156 valence electrons. The molecule has 0 aliphatic heterocycles. The summed E-state index contributed by atoms with van der Waals surface area (Å²) in [6, 6.07) is 18.3. The Morgan fingerprint density at radius 3 is 2.27 bits per heavy atom. The maximum Gasteiger partial charge on any atom is 0.307 e. The molecule has 0 atom stereocenters. The molecule has 0 aromatic heterocycles. The molecule has 0 unspecified atom stereocenters. The Morgan fingerprint density at radius 2 is 1.63 bits per heavy atom. The average molecular weight is 426 g/mol. The molecule has 0 fully saturated rings. The smallest absolute Gasteiger partial charge is 0.307 e. The summed E-state index contributed by atoms with van der Waals surface area (Å²) in [6.45, 7) is 2.11. The first kappa shape index (κ1) is 21.4. The molecule has 0 saturated heterocycles. The number of hydrogen-bond acceptors (Lipinski definition) is 5. The summed E-state index contributed by atoms with van der Waals surface area (Å²) in [5.74, 6) is -0.0177. The van der Waals surface area contributed by atoms with Crippen LogP contribution in [0.3, 0.4) is 0 Å². The molecule has 0 aliphatic rings. The quantitative estimate of drug-likeness (QED) is 0.580. The largest absolute Gasteiger partial charge is 0.497 e. The van der Waals surface area contributed by atoms with E-state index in [-0.39, 0.29) is 16.2 Å². The van der Waals surface area contributed by atoms with Crippen LogP contribution in [0.25, 0.3) is 11.1 Å². The Balaban J connectivity index is 2.04. The van der Waals surface area contributed by atoms with Gasteiger partial charge in [-0.3, -0.25) is 4.79 Å². The summed E-state index contributed by atoms with van der Waals surface area (Å²) in [7, 11) is -2.30. The molecule has 3 aromatic rings. The Hall–Kier alpha value is -3.32. The van der Waals surface area contributed by atoms with Crippen LogP contribution in [-0.2, 0) is 21.1 Å². The maximum atomic E-state index is 13.3. The highest BCUT2D eigenvalue weighted by atomic mass is 32.2. The van der Waals surface area contributed by atoms with Crippen molar-refractivity contribution in [1.29, 1.82) is 0 Å². The predicted molar refractivity (Wildman–Crippen MR) is 113 cm³/mol. The van der Waals surface area contributed by atoms with Crippen molar-refractivity contribution in [1.82, 2.24) is 0 Å². The van der Waals surface area contributed by atoms with Crippen molar-refractivity contribution in [3.05, 3.63) is 72.3 Å². The Kier molecular flexibility index (Phi) is 6.42. The van der Waals surface area contributed by atoms with Gasteiger partial charge in [0.1, 0.15) is 11.5 Å². The van der Waals surface area contributed by atoms with Crippen molar-refractivity contribution in [2.75, 3.05) is 13.7 Å². The molecule has 0 bridgehead atoms. The molecule has 6 nitrogen and oxygen atoms in total. The maximum absolute atomic E-state index is 13.3. The average Bonchev–Trinajstić information content (AvgIpc) is 2.73. The van der Waals surface area contributed by atoms with Gasteiger partial charge in [-0.2, -0.15) is 0 Å². The molecule has 30 heavy (non-hydrogen) atoms. The van der Waals surface area contributed by atoms with Crippen molar-refractivity contribution in [3.63, 3.8) is 0 Å².